The second-order valence-electron chi connectivity index (χ2n) is 6.75. The number of rotatable bonds is 6. The van der Waals surface area contributed by atoms with Gasteiger partial charge in [-0.3, -0.25) is 9.59 Å². The maximum absolute atomic E-state index is 12.5. The molecule has 3 rings (SSSR count). The van der Waals surface area contributed by atoms with E-state index in [9.17, 15) is 9.59 Å². The summed E-state index contributed by atoms with van der Waals surface area (Å²) >= 11 is 1.51. The van der Waals surface area contributed by atoms with E-state index in [-0.39, 0.29) is 5.91 Å². The van der Waals surface area contributed by atoms with E-state index in [0.717, 1.165) is 42.1 Å². The SMILES string of the molecule is Cc1ccccc1SCC(=O)Nc1cc(C(N)=O)ccc1N1CCCCC1. The second-order valence-corrected chi connectivity index (χ2v) is 7.76. The van der Waals surface area contributed by atoms with Gasteiger partial charge in [0.15, 0.2) is 0 Å². The quantitative estimate of drug-likeness (QED) is 0.744. The Morgan fingerprint density at radius 1 is 1.11 bits per heavy atom. The van der Waals surface area contributed by atoms with E-state index in [1.54, 1.807) is 12.1 Å². The molecule has 0 aliphatic carbocycles. The number of carbonyl (C=O) groups is 2. The molecular weight excluding hydrogens is 358 g/mol. The van der Waals surface area contributed by atoms with Gasteiger partial charge in [0.25, 0.3) is 0 Å². The van der Waals surface area contributed by atoms with Crippen LogP contribution < -0.4 is 16.0 Å². The lowest BCUT2D eigenvalue weighted by Crippen LogP contribution is -2.30. The molecule has 1 aliphatic heterocycles. The van der Waals surface area contributed by atoms with Gasteiger partial charge in [-0.2, -0.15) is 0 Å². The van der Waals surface area contributed by atoms with Crippen LogP contribution in [0.1, 0.15) is 35.2 Å². The van der Waals surface area contributed by atoms with E-state index < -0.39 is 5.91 Å². The van der Waals surface area contributed by atoms with Crippen LogP contribution in [0.25, 0.3) is 0 Å². The summed E-state index contributed by atoms with van der Waals surface area (Å²) in [6.07, 6.45) is 3.49. The highest BCUT2D eigenvalue weighted by Gasteiger charge is 2.17. The van der Waals surface area contributed by atoms with Crippen molar-refractivity contribution in [2.75, 3.05) is 29.1 Å². The Hall–Kier alpha value is -2.47. The zero-order chi connectivity index (χ0) is 19.2. The van der Waals surface area contributed by atoms with Crippen molar-refractivity contribution < 1.29 is 9.59 Å². The second kappa shape index (κ2) is 8.95. The van der Waals surface area contributed by atoms with Crippen molar-refractivity contribution >= 4 is 35.0 Å². The number of hydrogen-bond donors (Lipinski definition) is 2. The number of primary amides is 1. The van der Waals surface area contributed by atoms with E-state index in [2.05, 4.69) is 10.2 Å². The smallest absolute Gasteiger partial charge is 0.248 e. The van der Waals surface area contributed by atoms with Crippen LogP contribution >= 0.6 is 11.8 Å². The normalized spacial score (nSPS) is 14.0. The summed E-state index contributed by atoms with van der Waals surface area (Å²) in [4.78, 5) is 27.5. The van der Waals surface area contributed by atoms with Gasteiger partial charge in [-0.15, -0.1) is 11.8 Å². The molecule has 27 heavy (non-hydrogen) atoms. The summed E-state index contributed by atoms with van der Waals surface area (Å²) in [5.41, 5.74) is 8.59. The Morgan fingerprint density at radius 2 is 1.85 bits per heavy atom. The van der Waals surface area contributed by atoms with Crippen LogP contribution in [0.5, 0.6) is 0 Å². The van der Waals surface area contributed by atoms with Gasteiger partial charge in [0.1, 0.15) is 0 Å². The van der Waals surface area contributed by atoms with Crippen LogP contribution in [-0.2, 0) is 4.79 Å². The molecule has 2 amide bonds. The molecule has 6 heteroatoms. The lowest BCUT2D eigenvalue weighted by Gasteiger charge is -2.30. The molecule has 0 atom stereocenters. The predicted molar refractivity (Wildman–Crippen MR) is 112 cm³/mol. The van der Waals surface area contributed by atoms with Gasteiger partial charge < -0.3 is 16.0 Å². The highest BCUT2D eigenvalue weighted by Crippen LogP contribution is 2.30. The number of nitrogens with two attached hydrogens (primary N) is 1. The monoisotopic (exact) mass is 383 g/mol. The van der Waals surface area contributed by atoms with Gasteiger partial charge in [0.2, 0.25) is 11.8 Å². The van der Waals surface area contributed by atoms with E-state index in [0.29, 0.717) is 17.0 Å². The summed E-state index contributed by atoms with van der Waals surface area (Å²) in [6, 6.07) is 13.3. The number of amides is 2. The number of anilines is 2. The molecule has 0 saturated carbocycles. The Kier molecular flexibility index (Phi) is 6.40. The van der Waals surface area contributed by atoms with E-state index >= 15 is 0 Å². The van der Waals surface area contributed by atoms with Crippen molar-refractivity contribution in [3.05, 3.63) is 53.6 Å². The lowest BCUT2D eigenvalue weighted by atomic mass is 10.1. The summed E-state index contributed by atoms with van der Waals surface area (Å²) in [5, 5.41) is 2.98. The van der Waals surface area contributed by atoms with Gasteiger partial charge in [0.05, 0.1) is 17.1 Å². The van der Waals surface area contributed by atoms with Gasteiger partial charge in [-0.25, -0.2) is 0 Å². The zero-order valence-electron chi connectivity index (χ0n) is 15.5. The van der Waals surface area contributed by atoms with Crippen molar-refractivity contribution in [3.63, 3.8) is 0 Å². The van der Waals surface area contributed by atoms with Crippen LogP contribution in [0, 0.1) is 6.92 Å². The first-order chi connectivity index (χ1) is 13.0. The van der Waals surface area contributed by atoms with E-state index in [1.165, 1.54) is 18.2 Å². The van der Waals surface area contributed by atoms with Crippen LogP contribution in [0.2, 0.25) is 0 Å². The molecule has 1 fully saturated rings. The number of hydrogen-bond acceptors (Lipinski definition) is 4. The van der Waals surface area contributed by atoms with E-state index in [1.807, 2.05) is 37.3 Å². The van der Waals surface area contributed by atoms with Crippen LogP contribution in [0.15, 0.2) is 47.4 Å². The first kappa shape index (κ1) is 19.3. The van der Waals surface area contributed by atoms with Crippen molar-refractivity contribution in [1.82, 2.24) is 0 Å². The molecule has 0 unspecified atom stereocenters. The van der Waals surface area contributed by atoms with Crippen LogP contribution in [0.4, 0.5) is 11.4 Å². The van der Waals surface area contributed by atoms with Gasteiger partial charge >= 0.3 is 0 Å². The number of nitrogens with one attached hydrogen (secondary N) is 1. The Bertz CT molecular complexity index is 832. The average molecular weight is 384 g/mol. The standard InChI is InChI=1S/C21H25N3O2S/c1-15-7-3-4-8-19(15)27-14-20(25)23-17-13-16(21(22)26)9-10-18(17)24-11-5-2-6-12-24/h3-4,7-10,13H,2,5-6,11-12,14H2,1H3,(H2,22,26)(H,23,25). The molecule has 5 nitrogen and oxygen atoms in total. The lowest BCUT2D eigenvalue weighted by molar-refractivity contribution is -0.113. The summed E-state index contributed by atoms with van der Waals surface area (Å²) < 4.78 is 0. The predicted octanol–water partition coefficient (Wildman–Crippen LogP) is 3.82. The molecule has 0 spiro atoms. The molecule has 1 saturated heterocycles. The zero-order valence-corrected chi connectivity index (χ0v) is 16.3. The van der Waals surface area contributed by atoms with E-state index in [4.69, 9.17) is 5.73 Å². The molecular formula is C21H25N3O2S. The molecule has 0 aromatic heterocycles. The minimum atomic E-state index is -0.495. The molecule has 0 radical (unpaired) electrons. The first-order valence-corrected chi connectivity index (χ1v) is 10.2. The number of benzene rings is 2. The molecule has 1 heterocycles. The van der Waals surface area contributed by atoms with Crippen molar-refractivity contribution in [3.8, 4) is 0 Å². The number of aryl methyl sites for hydroxylation is 1. The molecule has 2 aromatic carbocycles. The van der Waals surface area contributed by atoms with Gasteiger partial charge in [-0.1, -0.05) is 18.2 Å². The largest absolute Gasteiger partial charge is 0.370 e. The number of thioether (sulfide) groups is 1. The van der Waals surface area contributed by atoms with Crippen molar-refractivity contribution in [1.29, 1.82) is 0 Å². The highest BCUT2D eigenvalue weighted by atomic mass is 32.2. The Morgan fingerprint density at radius 3 is 2.56 bits per heavy atom. The number of carbonyl (C=O) groups excluding carboxylic acids is 2. The third kappa shape index (κ3) is 5.04. The van der Waals surface area contributed by atoms with Crippen LogP contribution in [-0.4, -0.2) is 30.7 Å². The fourth-order valence-electron chi connectivity index (χ4n) is 3.25. The van der Waals surface area contributed by atoms with Crippen molar-refractivity contribution in [2.45, 2.75) is 31.1 Å². The third-order valence-electron chi connectivity index (χ3n) is 4.70. The maximum atomic E-state index is 12.5. The summed E-state index contributed by atoms with van der Waals surface area (Å²) in [5.74, 6) is -0.279. The number of nitrogens with zero attached hydrogens (tertiary/aromatic N) is 1. The first-order valence-electron chi connectivity index (χ1n) is 9.21. The minimum Gasteiger partial charge on any atom is -0.370 e. The highest BCUT2D eigenvalue weighted by molar-refractivity contribution is 8.00. The average Bonchev–Trinajstić information content (AvgIpc) is 2.68. The Balaban J connectivity index is 1.74. The Labute approximate surface area is 164 Å². The number of piperidine rings is 1. The minimum absolute atomic E-state index is 0.0943. The fraction of sp³-hybridized carbons (Fsp3) is 0.333. The summed E-state index contributed by atoms with van der Waals surface area (Å²) in [7, 11) is 0. The summed E-state index contributed by atoms with van der Waals surface area (Å²) in [6.45, 7) is 3.94. The fourth-order valence-corrected chi connectivity index (χ4v) is 4.08. The topological polar surface area (TPSA) is 75.4 Å². The van der Waals surface area contributed by atoms with Crippen molar-refractivity contribution in [2.24, 2.45) is 5.73 Å². The van der Waals surface area contributed by atoms with Crippen LogP contribution in [0.3, 0.4) is 0 Å². The molecule has 2 aromatic rings. The molecule has 0 bridgehead atoms. The van der Waals surface area contributed by atoms with Gasteiger partial charge in [-0.05, 0) is 56.0 Å². The molecule has 3 N–H and O–H groups in total. The third-order valence-corrected chi connectivity index (χ3v) is 5.88. The van der Waals surface area contributed by atoms with Gasteiger partial charge in [0, 0.05) is 23.5 Å². The maximum Gasteiger partial charge on any atom is 0.248 e. The molecule has 142 valence electrons. The molecule has 1 aliphatic rings.